The fraction of sp³-hybridized carbons (Fsp3) is 0.200. The van der Waals surface area contributed by atoms with Gasteiger partial charge in [-0.05, 0) is 44.8 Å². The number of carbonyl (C=O) groups excluding carboxylic acids is 1. The summed E-state index contributed by atoms with van der Waals surface area (Å²) in [7, 11) is 0. The van der Waals surface area contributed by atoms with Crippen molar-refractivity contribution in [1.29, 1.82) is 0 Å². The SMILES string of the molecule is CCOC(=O)c1csc(-c2cc(Br)c(Br)s2)n1. The van der Waals surface area contributed by atoms with Crippen molar-refractivity contribution in [3.63, 3.8) is 0 Å². The minimum absolute atomic E-state index is 0.363. The topological polar surface area (TPSA) is 39.2 Å². The van der Waals surface area contributed by atoms with Crippen LogP contribution in [0.5, 0.6) is 0 Å². The predicted octanol–water partition coefficient (Wildman–Crippen LogP) is 4.57. The fourth-order valence-electron chi connectivity index (χ4n) is 1.14. The summed E-state index contributed by atoms with van der Waals surface area (Å²) < 4.78 is 6.90. The molecule has 0 spiro atoms. The van der Waals surface area contributed by atoms with E-state index >= 15 is 0 Å². The minimum atomic E-state index is -0.371. The largest absolute Gasteiger partial charge is 0.461 e. The molecule has 2 heterocycles. The Morgan fingerprint density at radius 3 is 2.88 bits per heavy atom. The van der Waals surface area contributed by atoms with Crippen LogP contribution in [-0.4, -0.2) is 17.6 Å². The highest BCUT2D eigenvalue weighted by Gasteiger charge is 2.14. The molecule has 0 aliphatic carbocycles. The number of thiophene rings is 1. The van der Waals surface area contributed by atoms with Gasteiger partial charge in [-0.25, -0.2) is 9.78 Å². The van der Waals surface area contributed by atoms with Crippen molar-refractivity contribution in [3.05, 3.63) is 25.4 Å². The number of halogens is 2. The lowest BCUT2D eigenvalue weighted by Gasteiger charge is -1.95. The van der Waals surface area contributed by atoms with Crippen LogP contribution in [0.3, 0.4) is 0 Å². The third-order valence-electron chi connectivity index (χ3n) is 1.84. The van der Waals surface area contributed by atoms with E-state index in [2.05, 4.69) is 36.8 Å². The Balaban J connectivity index is 2.26. The number of aromatic nitrogens is 1. The molecule has 90 valence electrons. The number of esters is 1. The molecule has 0 bridgehead atoms. The molecule has 7 heteroatoms. The summed E-state index contributed by atoms with van der Waals surface area (Å²) in [5.74, 6) is -0.371. The van der Waals surface area contributed by atoms with E-state index < -0.39 is 0 Å². The minimum Gasteiger partial charge on any atom is -0.461 e. The zero-order valence-electron chi connectivity index (χ0n) is 8.70. The Labute approximate surface area is 123 Å². The first-order chi connectivity index (χ1) is 8.11. The predicted molar refractivity (Wildman–Crippen MR) is 76.8 cm³/mol. The molecular formula is C10H7Br2NO2S2. The molecule has 0 N–H and O–H groups in total. The number of carbonyl (C=O) groups is 1. The molecule has 2 aromatic rings. The smallest absolute Gasteiger partial charge is 0.357 e. The molecule has 0 aromatic carbocycles. The molecule has 2 rings (SSSR count). The van der Waals surface area contributed by atoms with Crippen molar-refractivity contribution in [2.45, 2.75) is 6.92 Å². The molecule has 0 radical (unpaired) electrons. The number of hydrogen-bond acceptors (Lipinski definition) is 5. The number of thiazole rings is 1. The summed E-state index contributed by atoms with van der Waals surface area (Å²) in [6.45, 7) is 2.14. The van der Waals surface area contributed by atoms with E-state index in [9.17, 15) is 4.79 Å². The maximum Gasteiger partial charge on any atom is 0.357 e. The van der Waals surface area contributed by atoms with Gasteiger partial charge in [-0.2, -0.15) is 0 Å². The van der Waals surface area contributed by atoms with Crippen molar-refractivity contribution in [1.82, 2.24) is 4.98 Å². The summed E-state index contributed by atoms with van der Waals surface area (Å²) >= 11 is 9.86. The molecule has 0 amide bonds. The van der Waals surface area contributed by atoms with Crippen LogP contribution in [-0.2, 0) is 4.74 Å². The third kappa shape index (κ3) is 2.96. The summed E-state index contributed by atoms with van der Waals surface area (Å²) in [6, 6.07) is 1.97. The summed E-state index contributed by atoms with van der Waals surface area (Å²) in [4.78, 5) is 16.8. The second-order valence-electron chi connectivity index (χ2n) is 2.99. The first-order valence-corrected chi connectivity index (χ1v) is 7.98. The number of ether oxygens (including phenoxy) is 1. The van der Waals surface area contributed by atoms with Crippen LogP contribution in [0.15, 0.2) is 19.7 Å². The van der Waals surface area contributed by atoms with E-state index in [-0.39, 0.29) is 5.97 Å². The maximum absolute atomic E-state index is 11.5. The van der Waals surface area contributed by atoms with Gasteiger partial charge in [0.25, 0.3) is 0 Å². The van der Waals surface area contributed by atoms with Crippen molar-refractivity contribution in [2.75, 3.05) is 6.61 Å². The number of nitrogens with zero attached hydrogens (tertiary/aromatic N) is 1. The molecule has 17 heavy (non-hydrogen) atoms. The maximum atomic E-state index is 11.5. The highest BCUT2D eigenvalue weighted by atomic mass is 79.9. The second-order valence-corrected chi connectivity index (χ2v) is 7.07. The summed E-state index contributed by atoms with van der Waals surface area (Å²) in [5, 5.41) is 2.54. The highest BCUT2D eigenvalue weighted by Crippen LogP contribution is 2.39. The van der Waals surface area contributed by atoms with Gasteiger partial charge in [0.2, 0.25) is 0 Å². The Bertz CT molecular complexity index is 531. The van der Waals surface area contributed by atoms with Crippen LogP contribution in [0.4, 0.5) is 0 Å². The van der Waals surface area contributed by atoms with Gasteiger partial charge in [0.1, 0.15) is 5.01 Å². The van der Waals surface area contributed by atoms with E-state index in [0.29, 0.717) is 12.3 Å². The fourth-order valence-corrected chi connectivity index (χ4v) is 4.03. The normalized spacial score (nSPS) is 10.5. The van der Waals surface area contributed by atoms with Gasteiger partial charge < -0.3 is 4.74 Å². The van der Waals surface area contributed by atoms with E-state index in [1.165, 1.54) is 11.3 Å². The molecule has 0 aliphatic heterocycles. The lowest BCUT2D eigenvalue weighted by Crippen LogP contribution is -2.04. The highest BCUT2D eigenvalue weighted by molar-refractivity contribution is 9.13. The molecule has 0 unspecified atom stereocenters. The first kappa shape index (κ1) is 13.2. The number of rotatable bonds is 3. The van der Waals surface area contributed by atoms with Gasteiger partial charge in [0.15, 0.2) is 5.69 Å². The molecule has 0 atom stereocenters. The van der Waals surface area contributed by atoms with Gasteiger partial charge >= 0.3 is 5.97 Å². The standard InChI is InChI=1S/C10H7Br2NO2S2/c1-2-15-10(14)6-4-16-9(13-6)7-3-5(11)8(12)17-7/h3-4H,2H2,1H3. The van der Waals surface area contributed by atoms with E-state index in [4.69, 9.17) is 4.74 Å². The summed E-state index contributed by atoms with van der Waals surface area (Å²) in [6.07, 6.45) is 0. The zero-order chi connectivity index (χ0) is 12.4. The van der Waals surface area contributed by atoms with Crippen molar-refractivity contribution >= 4 is 60.5 Å². The van der Waals surface area contributed by atoms with Gasteiger partial charge in [-0.1, -0.05) is 0 Å². The van der Waals surface area contributed by atoms with Crippen LogP contribution in [0.1, 0.15) is 17.4 Å². The Kier molecular flexibility index (Phi) is 4.35. The van der Waals surface area contributed by atoms with Crippen LogP contribution in [0.2, 0.25) is 0 Å². The van der Waals surface area contributed by atoms with Gasteiger partial charge in [-0.15, -0.1) is 22.7 Å². The van der Waals surface area contributed by atoms with Crippen LogP contribution in [0.25, 0.3) is 9.88 Å². The average Bonchev–Trinajstić information content (AvgIpc) is 2.87. The van der Waals surface area contributed by atoms with Crippen molar-refractivity contribution in [2.24, 2.45) is 0 Å². The lowest BCUT2D eigenvalue weighted by atomic mass is 10.4. The first-order valence-electron chi connectivity index (χ1n) is 4.69. The third-order valence-corrected chi connectivity index (χ3v) is 6.11. The molecule has 0 aliphatic rings. The van der Waals surface area contributed by atoms with E-state index in [1.807, 2.05) is 6.07 Å². The van der Waals surface area contributed by atoms with Gasteiger partial charge in [-0.3, -0.25) is 0 Å². The van der Waals surface area contributed by atoms with E-state index in [0.717, 1.165) is 18.1 Å². The van der Waals surface area contributed by atoms with Crippen molar-refractivity contribution < 1.29 is 9.53 Å². The quantitative estimate of drug-likeness (QED) is 0.713. The molecule has 0 fully saturated rings. The summed E-state index contributed by atoms with van der Waals surface area (Å²) in [5.41, 5.74) is 0.368. The Morgan fingerprint density at radius 1 is 1.53 bits per heavy atom. The molecule has 0 saturated heterocycles. The second kappa shape index (κ2) is 5.60. The van der Waals surface area contributed by atoms with Crippen LogP contribution < -0.4 is 0 Å². The van der Waals surface area contributed by atoms with Gasteiger partial charge in [0.05, 0.1) is 15.3 Å². The lowest BCUT2D eigenvalue weighted by molar-refractivity contribution is 0.0520. The molecular weight excluding hydrogens is 390 g/mol. The van der Waals surface area contributed by atoms with E-state index in [1.54, 1.807) is 23.6 Å². The Morgan fingerprint density at radius 2 is 2.29 bits per heavy atom. The molecule has 2 aromatic heterocycles. The van der Waals surface area contributed by atoms with Crippen LogP contribution in [0, 0.1) is 0 Å². The Hall–Kier alpha value is -0.240. The number of hydrogen-bond donors (Lipinski definition) is 0. The molecule has 3 nitrogen and oxygen atoms in total. The van der Waals surface area contributed by atoms with Crippen LogP contribution >= 0.6 is 54.5 Å². The monoisotopic (exact) mass is 395 g/mol. The average molecular weight is 397 g/mol. The van der Waals surface area contributed by atoms with Gasteiger partial charge in [0, 0.05) is 9.85 Å². The zero-order valence-corrected chi connectivity index (χ0v) is 13.5. The molecule has 0 saturated carbocycles. The van der Waals surface area contributed by atoms with Crippen molar-refractivity contribution in [3.8, 4) is 9.88 Å².